The highest BCUT2D eigenvalue weighted by Crippen LogP contribution is 2.30. The van der Waals surface area contributed by atoms with Crippen LogP contribution in [0.15, 0.2) is 18.6 Å². The summed E-state index contributed by atoms with van der Waals surface area (Å²) in [6.07, 6.45) is 7.12. The molecule has 0 aliphatic carbocycles. The predicted molar refractivity (Wildman–Crippen MR) is 109 cm³/mol. The molecule has 1 atom stereocenters. The fourth-order valence-electron chi connectivity index (χ4n) is 3.32. The Morgan fingerprint density at radius 2 is 2.11 bits per heavy atom. The summed E-state index contributed by atoms with van der Waals surface area (Å²) in [5.41, 5.74) is 1.28. The van der Waals surface area contributed by atoms with Crippen molar-refractivity contribution in [2.24, 2.45) is 0 Å². The van der Waals surface area contributed by atoms with Gasteiger partial charge in [-0.3, -0.25) is 4.68 Å². The first kappa shape index (κ1) is 19.4. The van der Waals surface area contributed by atoms with Gasteiger partial charge in [0.15, 0.2) is 5.15 Å². The minimum absolute atomic E-state index is 0.0673. The summed E-state index contributed by atoms with van der Waals surface area (Å²) in [6.45, 7) is 3.59. The molecule has 0 spiro atoms. The molecule has 28 heavy (non-hydrogen) atoms. The van der Waals surface area contributed by atoms with Crippen LogP contribution in [0.2, 0.25) is 10.2 Å². The molecule has 0 unspecified atom stereocenters. The first-order valence-corrected chi connectivity index (χ1v) is 11.3. The van der Waals surface area contributed by atoms with Crippen LogP contribution in [0.1, 0.15) is 19.4 Å². The fourth-order valence-corrected chi connectivity index (χ4v) is 4.63. The average molecular weight is 444 g/mol. The first-order valence-electron chi connectivity index (χ1n) is 8.74. The number of nitrogens with one attached hydrogen (secondary N) is 1. The molecular formula is C16H19Cl2N7O2S. The van der Waals surface area contributed by atoms with Gasteiger partial charge in [-0.2, -0.15) is 14.4 Å². The van der Waals surface area contributed by atoms with Gasteiger partial charge in [0, 0.05) is 32.0 Å². The number of aryl methyl sites for hydroxylation is 1. The van der Waals surface area contributed by atoms with Crippen molar-refractivity contribution < 1.29 is 8.42 Å². The molecule has 0 radical (unpaired) electrons. The number of rotatable bonds is 5. The van der Waals surface area contributed by atoms with E-state index in [1.54, 1.807) is 17.1 Å². The SMILES string of the molecule is CCn1cc(Cl)c2cnc(Nc3cn([C@@H]4CCN(S(C)(=O)=O)C4)nc3Cl)nc21. The van der Waals surface area contributed by atoms with Crippen molar-refractivity contribution in [3.05, 3.63) is 28.8 Å². The van der Waals surface area contributed by atoms with E-state index in [0.717, 1.165) is 17.6 Å². The number of aromatic nitrogens is 5. The number of hydrogen-bond donors (Lipinski definition) is 1. The van der Waals surface area contributed by atoms with Gasteiger partial charge >= 0.3 is 0 Å². The van der Waals surface area contributed by atoms with Gasteiger partial charge in [-0.05, 0) is 13.3 Å². The smallest absolute Gasteiger partial charge is 0.229 e. The molecule has 0 saturated carbocycles. The van der Waals surface area contributed by atoms with Crippen LogP contribution in [0.4, 0.5) is 11.6 Å². The lowest BCUT2D eigenvalue weighted by molar-refractivity contribution is 0.437. The summed E-state index contributed by atoms with van der Waals surface area (Å²) in [5.74, 6) is 0.377. The maximum atomic E-state index is 11.7. The second-order valence-electron chi connectivity index (χ2n) is 6.70. The third-order valence-corrected chi connectivity index (χ3v) is 6.66. The van der Waals surface area contributed by atoms with Crippen LogP contribution < -0.4 is 5.32 Å². The van der Waals surface area contributed by atoms with Crippen LogP contribution in [0, 0.1) is 0 Å². The third kappa shape index (κ3) is 3.57. The quantitative estimate of drug-likeness (QED) is 0.650. The fraction of sp³-hybridized carbons (Fsp3) is 0.438. The molecule has 0 bridgehead atoms. The molecule has 3 aromatic rings. The van der Waals surface area contributed by atoms with E-state index < -0.39 is 10.0 Å². The Morgan fingerprint density at radius 1 is 1.32 bits per heavy atom. The lowest BCUT2D eigenvalue weighted by Crippen LogP contribution is -2.28. The minimum Gasteiger partial charge on any atom is -0.331 e. The predicted octanol–water partition coefficient (Wildman–Crippen LogP) is 2.90. The van der Waals surface area contributed by atoms with Gasteiger partial charge in [-0.15, -0.1) is 0 Å². The highest BCUT2D eigenvalue weighted by Gasteiger charge is 2.30. The van der Waals surface area contributed by atoms with Crippen molar-refractivity contribution in [3.63, 3.8) is 0 Å². The highest BCUT2D eigenvalue weighted by atomic mass is 35.5. The van der Waals surface area contributed by atoms with E-state index in [9.17, 15) is 8.42 Å². The van der Waals surface area contributed by atoms with Gasteiger partial charge in [0.05, 0.1) is 34.6 Å². The maximum absolute atomic E-state index is 11.7. The Kier molecular flexibility index (Phi) is 4.98. The topological polar surface area (TPSA) is 97.9 Å². The Hall–Kier alpha value is -1.88. The van der Waals surface area contributed by atoms with E-state index in [1.165, 1.54) is 10.6 Å². The molecule has 1 aliphatic rings. The molecule has 12 heteroatoms. The molecule has 0 amide bonds. The number of nitrogens with zero attached hydrogens (tertiary/aromatic N) is 6. The van der Waals surface area contributed by atoms with E-state index in [1.807, 2.05) is 17.7 Å². The molecular weight excluding hydrogens is 425 g/mol. The Balaban J connectivity index is 1.57. The molecule has 1 N–H and O–H groups in total. The largest absolute Gasteiger partial charge is 0.331 e. The second-order valence-corrected chi connectivity index (χ2v) is 9.44. The Morgan fingerprint density at radius 3 is 2.79 bits per heavy atom. The highest BCUT2D eigenvalue weighted by molar-refractivity contribution is 7.88. The lowest BCUT2D eigenvalue weighted by atomic mass is 10.3. The normalized spacial score (nSPS) is 18.2. The van der Waals surface area contributed by atoms with Crippen molar-refractivity contribution in [1.82, 2.24) is 28.6 Å². The zero-order chi connectivity index (χ0) is 20.1. The monoisotopic (exact) mass is 443 g/mol. The van der Waals surface area contributed by atoms with Crippen molar-refractivity contribution >= 4 is 55.9 Å². The molecule has 1 saturated heterocycles. The van der Waals surface area contributed by atoms with Crippen molar-refractivity contribution in [3.8, 4) is 0 Å². The molecule has 4 rings (SSSR count). The van der Waals surface area contributed by atoms with E-state index in [0.29, 0.717) is 36.2 Å². The van der Waals surface area contributed by atoms with E-state index in [4.69, 9.17) is 23.2 Å². The number of hydrogen-bond acceptors (Lipinski definition) is 6. The second kappa shape index (κ2) is 7.18. The molecule has 150 valence electrons. The zero-order valence-corrected chi connectivity index (χ0v) is 17.6. The summed E-state index contributed by atoms with van der Waals surface area (Å²) < 4.78 is 28.5. The van der Waals surface area contributed by atoms with Crippen molar-refractivity contribution in [2.45, 2.75) is 25.9 Å². The molecule has 9 nitrogen and oxygen atoms in total. The van der Waals surface area contributed by atoms with E-state index in [-0.39, 0.29) is 11.2 Å². The van der Waals surface area contributed by atoms with E-state index in [2.05, 4.69) is 20.4 Å². The summed E-state index contributed by atoms with van der Waals surface area (Å²) in [7, 11) is -3.21. The zero-order valence-electron chi connectivity index (χ0n) is 15.3. The molecule has 4 heterocycles. The van der Waals surface area contributed by atoms with Crippen LogP contribution >= 0.6 is 23.2 Å². The standard InChI is InChI=1S/C16H19Cl2N7O2S/c1-3-23-8-12(17)11-6-19-16(21-15(11)23)20-13-9-25(22-14(13)18)10-4-5-24(7-10)28(2,26)27/h6,8-10H,3-5,7H2,1-2H3,(H,19,20,21)/t10-/m1/s1. The van der Waals surface area contributed by atoms with Crippen LogP contribution in [0.25, 0.3) is 11.0 Å². The van der Waals surface area contributed by atoms with Gasteiger partial charge in [-0.25, -0.2) is 13.4 Å². The summed E-state index contributed by atoms with van der Waals surface area (Å²) in [6, 6.07) is -0.0673. The van der Waals surface area contributed by atoms with Gasteiger partial charge in [-0.1, -0.05) is 23.2 Å². The average Bonchev–Trinajstić information content (AvgIpc) is 3.33. The van der Waals surface area contributed by atoms with Gasteiger partial charge in [0.2, 0.25) is 16.0 Å². The maximum Gasteiger partial charge on any atom is 0.229 e. The molecule has 1 fully saturated rings. The number of sulfonamides is 1. The van der Waals surface area contributed by atoms with E-state index >= 15 is 0 Å². The summed E-state index contributed by atoms with van der Waals surface area (Å²) in [5, 5.41) is 9.06. The lowest BCUT2D eigenvalue weighted by Gasteiger charge is -2.13. The van der Waals surface area contributed by atoms with Crippen LogP contribution in [0.3, 0.4) is 0 Å². The number of fused-ring (bicyclic) bond motifs is 1. The van der Waals surface area contributed by atoms with Crippen molar-refractivity contribution in [2.75, 3.05) is 24.7 Å². The molecule has 1 aliphatic heterocycles. The summed E-state index contributed by atoms with van der Waals surface area (Å²) in [4.78, 5) is 8.83. The molecule has 3 aromatic heterocycles. The van der Waals surface area contributed by atoms with Gasteiger partial charge in [0.1, 0.15) is 5.65 Å². The minimum atomic E-state index is -3.21. The Bertz CT molecular complexity index is 1140. The first-order chi connectivity index (χ1) is 13.3. The number of halogens is 2. The third-order valence-electron chi connectivity index (χ3n) is 4.81. The van der Waals surface area contributed by atoms with Crippen LogP contribution in [-0.2, 0) is 16.6 Å². The summed E-state index contributed by atoms with van der Waals surface area (Å²) >= 11 is 12.5. The van der Waals surface area contributed by atoms with Gasteiger partial charge in [0.25, 0.3) is 0 Å². The molecule has 0 aromatic carbocycles. The van der Waals surface area contributed by atoms with Crippen LogP contribution in [0.5, 0.6) is 0 Å². The van der Waals surface area contributed by atoms with Crippen LogP contribution in [-0.4, -0.2) is 56.4 Å². The van der Waals surface area contributed by atoms with Gasteiger partial charge < -0.3 is 9.88 Å². The van der Waals surface area contributed by atoms with Crippen molar-refractivity contribution in [1.29, 1.82) is 0 Å². The number of anilines is 2. The Labute approximate surface area is 172 Å².